The molecule has 0 radical (unpaired) electrons. The Kier molecular flexibility index (Phi) is 1.69. The van der Waals surface area contributed by atoms with Gasteiger partial charge in [-0.05, 0) is 6.42 Å². The van der Waals surface area contributed by atoms with E-state index in [9.17, 15) is 4.79 Å². The molecule has 0 bridgehead atoms. The summed E-state index contributed by atoms with van der Waals surface area (Å²) >= 11 is 0. The van der Waals surface area contributed by atoms with E-state index in [0.29, 0.717) is 12.8 Å². The van der Waals surface area contributed by atoms with Gasteiger partial charge in [0, 0.05) is 12.5 Å². The van der Waals surface area contributed by atoms with E-state index in [4.69, 9.17) is 5.26 Å². The molecule has 3 heteroatoms. The van der Waals surface area contributed by atoms with Gasteiger partial charge < -0.3 is 5.32 Å². The van der Waals surface area contributed by atoms with E-state index in [0.717, 1.165) is 6.42 Å². The maximum absolute atomic E-state index is 10.5. The smallest absolute Gasteiger partial charge is 0.220 e. The van der Waals surface area contributed by atoms with Crippen LogP contribution in [0.4, 0.5) is 0 Å². The Morgan fingerprint density at radius 3 is 3.11 bits per heavy atom. The Balaban J connectivity index is 2.32. The van der Waals surface area contributed by atoms with Gasteiger partial charge in [0.15, 0.2) is 0 Å². The van der Waals surface area contributed by atoms with Crippen LogP contribution in [0.1, 0.15) is 19.3 Å². The summed E-state index contributed by atoms with van der Waals surface area (Å²) in [7, 11) is 0. The van der Waals surface area contributed by atoms with Crippen molar-refractivity contribution in [3.8, 4) is 6.07 Å². The van der Waals surface area contributed by atoms with Crippen LogP contribution in [-0.4, -0.2) is 11.9 Å². The minimum absolute atomic E-state index is 0.0789. The van der Waals surface area contributed by atoms with Crippen LogP contribution in [0.25, 0.3) is 0 Å². The van der Waals surface area contributed by atoms with Crippen LogP contribution in [-0.2, 0) is 4.79 Å². The molecule has 1 saturated heterocycles. The number of amides is 1. The Hall–Kier alpha value is -1.04. The van der Waals surface area contributed by atoms with Gasteiger partial charge >= 0.3 is 0 Å². The lowest BCUT2D eigenvalue weighted by molar-refractivity contribution is -0.119. The minimum Gasteiger partial charge on any atom is -0.352 e. The lowest BCUT2D eigenvalue weighted by Gasteiger charge is -2.00. The summed E-state index contributed by atoms with van der Waals surface area (Å²) in [5.41, 5.74) is 0. The maximum atomic E-state index is 10.5. The van der Waals surface area contributed by atoms with E-state index in [1.165, 1.54) is 0 Å². The number of nitrogens with zero attached hydrogens (tertiary/aromatic N) is 1. The van der Waals surface area contributed by atoms with E-state index in [2.05, 4.69) is 5.32 Å². The van der Waals surface area contributed by atoms with Gasteiger partial charge in [-0.15, -0.1) is 0 Å². The van der Waals surface area contributed by atoms with Crippen molar-refractivity contribution in [3.63, 3.8) is 0 Å². The van der Waals surface area contributed by atoms with Gasteiger partial charge in [-0.25, -0.2) is 0 Å². The molecule has 0 aromatic heterocycles. The molecule has 1 atom stereocenters. The Morgan fingerprint density at radius 1 is 1.89 bits per heavy atom. The zero-order valence-electron chi connectivity index (χ0n) is 5.05. The monoisotopic (exact) mass is 124 g/mol. The van der Waals surface area contributed by atoms with E-state index < -0.39 is 0 Å². The average molecular weight is 124 g/mol. The van der Waals surface area contributed by atoms with Crippen molar-refractivity contribution in [1.29, 1.82) is 5.26 Å². The topological polar surface area (TPSA) is 52.9 Å². The summed E-state index contributed by atoms with van der Waals surface area (Å²) in [5, 5.41) is 10.9. The van der Waals surface area contributed by atoms with Crippen molar-refractivity contribution in [1.82, 2.24) is 5.32 Å². The highest BCUT2D eigenvalue weighted by Crippen LogP contribution is 2.08. The molecule has 0 spiro atoms. The number of nitrogens with one attached hydrogen (secondary N) is 1. The molecule has 0 saturated carbocycles. The quantitative estimate of drug-likeness (QED) is 0.542. The third-order valence-electron chi connectivity index (χ3n) is 1.42. The van der Waals surface area contributed by atoms with Crippen molar-refractivity contribution in [2.45, 2.75) is 25.3 Å². The first kappa shape index (κ1) is 6.09. The molecule has 3 nitrogen and oxygen atoms in total. The highest BCUT2D eigenvalue weighted by atomic mass is 16.1. The SMILES string of the molecule is N#CC[C@@H]1CCC(=O)N1. The van der Waals surface area contributed by atoms with Gasteiger partial charge in [0.2, 0.25) is 5.91 Å². The Morgan fingerprint density at radius 2 is 2.67 bits per heavy atom. The number of carbonyl (C=O) groups is 1. The summed E-state index contributed by atoms with van der Waals surface area (Å²) in [6.45, 7) is 0. The predicted octanol–water partition coefficient (Wildman–Crippen LogP) is 0.179. The van der Waals surface area contributed by atoms with Crippen LogP contribution >= 0.6 is 0 Å². The Labute approximate surface area is 53.7 Å². The van der Waals surface area contributed by atoms with Gasteiger partial charge in [-0.3, -0.25) is 4.79 Å². The minimum atomic E-state index is 0.0789. The average Bonchev–Trinajstić information content (AvgIpc) is 2.17. The van der Waals surface area contributed by atoms with Gasteiger partial charge in [0.25, 0.3) is 0 Å². The lowest BCUT2D eigenvalue weighted by atomic mass is 10.2. The normalized spacial score (nSPS) is 25.2. The molecule has 48 valence electrons. The zero-order valence-corrected chi connectivity index (χ0v) is 5.05. The van der Waals surface area contributed by atoms with Crippen molar-refractivity contribution in [2.75, 3.05) is 0 Å². The molecule has 1 fully saturated rings. The largest absolute Gasteiger partial charge is 0.352 e. The molecule has 9 heavy (non-hydrogen) atoms. The number of hydrogen-bond acceptors (Lipinski definition) is 2. The van der Waals surface area contributed by atoms with E-state index >= 15 is 0 Å². The van der Waals surface area contributed by atoms with Crippen LogP contribution < -0.4 is 5.32 Å². The second-order valence-corrected chi connectivity index (χ2v) is 2.17. The summed E-state index contributed by atoms with van der Waals surface area (Å²) in [6.07, 6.45) is 1.87. The van der Waals surface area contributed by atoms with Crippen molar-refractivity contribution < 1.29 is 4.79 Å². The zero-order chi connectivity index (χ0) is 6.69. The molecule has 1 rings (SSSR count). The van der Waals surface area contributed by atoms with Crippen LogP contribution in [0.2, 0.25) is 0 Å². The van der Waals surface area contributed by atoms with E-state index in [1.807, 2.05) is 6.07 Å². The predicted molar refractivity (Wildman–Crippen MR) is 31.4 cm³/mol. The molecule has 1 N–H and O–H groups in total. The molecule has 1 amide bonds. The first-order valence-electron chi connectivity index (χ1n) is 2.99. The van der Waals surface area contributed by atoms with Crippen molar-refractivity contribution in [3.05, 3.63) is 0 Å². The van der Waals surface area contributed by atoms with Gasteiger partial charge in [-0.1, -0.05) is 0 Å². The molecular formula is C6H8N2O. The van der Waals surface area contributed by atoms with Crippen LogP contribution in [0.3, 0.4) is 0 Å². The molecule has 1 aliphatic heterocycles. The first-order valence-corrected chi connectivity index (χ1v) is 2.99. The maximum Gasteiger partial charge on any atom is 0.220 e. The highest BCUT2D eigenvalue weighted by molar-refractivity contribution is 5.78. The molecule has 0 aromatic rings. The van der Waals surface area contributed by atoms with Gasteiger partial charge in [0.05, 0.1) is 12.5 Å². The number of carbonyl (C=O) groups excluding carboxylic acids is 1. The summed E-state index contributed by atoms with van der Waals surface area (Å²) in [5.74, 6) is 0.0789. The summed E-state index contributed by atoms with van der Waals surface area (Å²) in [4.78, 5) is 10.5. The van der Waals surface area contributed by atoms with Gasteiger partial charge in [0.1, 0.15) is 0 Å². The van der Waals surface area contributed by atoms with Crippen LogP contribution in [0, 0.1) is 11.3 Å². The van der Waals surface area contributed by atoms with E-state index in [-0.39, 0.29) is 11.9 Å². The molecule has 1 aliphatic rings. The molecule has 0 unspecified atom stereocenters. The third-order valence-corrected chi connectivity index (χ3v) is 1.42. The second-order valence-electron chi connectivity index (χ2n) is 2.17. The number of nitriles is 1. The number of rotatable bonds is 1. The van der Waals surface area contributed by atoms with Crippen molar-refractivity contribution in [2.24, 2.45) is 0 Å². The fourth-order valence-corrected chi connectivity index (χ4v) is 0.941. The fraction of sp³-hybridized carbons (Fsp3) is 0.667. The standard InChI is InChI=1S/C6H8N2O/c7-4-3-5-1-2-6(9)8-5/h5H,1-3H2,(H,8,9)/t5-/m0/s1. The first-order chi connectivity index (χ1) is 4.33. The van der Waals surface area contributed by atoms with E-state index in [1.54, 1.807) is 0 Å². The summed E-state index contributed by atoms with van der Waals surface area (Å²) < 4.78 is 0. The molecular weight excluding hydrogens is 116 g/mol. The molecule has 0 aromatic carbocycles. The molecule has 1 heterocycles. The lowest BCUT2D eigenvalue weighted by Crippen LogP contribution is -2.24. The van der Waals surface area contributed by atoms with Crippen LogP contribution in [0.15, 0.2) is 0 Å². The van der Waals surface area contributed by atoms with Crippen LogP contribution in [0.5, 0.6) is 0 Å². The highest BCUT2D eigenvalue weighted by Gasteiger charge is 2.19. The summed E-state index contributed by atoms with van der Waals surface area (Å²) in [6, 6.07) is 2.14. The number of hydrogen-bond donors (Lipinski definition) is 1. The second kappa shape index (κ2) is 2.49. The fourth-order valence-electron chi connectivity index (χ4n) is 0.941. The third kappa shape index (κ3) is 1.43. The van der Waals surface area contributed by atoms with Gasteiger partial charge in [-0.2, -0.15) is 5.26 Å². The van der Waals surface area contributed by atoms with Crippen molar-refractivity contribution >= 4 is 5.91 Å². The Bertz CT molecular complexity index is 159. The molecule has 0 aliphatic carbocycles.